The molecule has 0 spiro atoms. The fraction of sp³-hybridized carbons (Fsp3) is 0. The van der Waals surface area contributed by atoms with Gasteiger partial charge in [-0.15, -0.1) is 0 Å². The minimum Gasteiger partial charge on any atom is -0.456 e. The van der Waals surface area contributed by atoms with Crippen molar-refractivity contribution in [1.82, 2.24) is 0 Å². The standard InChI is InChI=1S/C14H6N2O3/c17-7-15-10-5-6-12-13(14(10)16-8-18)9-3-1-2-4-11(9)19-12/h1-6H. The van der Waals surface area contributed by atoms with Crippen molar-refractivity contribution in [3.05, 3.63) is 36.4 Å². The van der Waals surface area contributed by atoms with Crippen molar-refractivity contribution >= 4 is 45.5 Å². The van der Waals surface area contributed by atoms with E-state index >= 15 is 0 Å². The predicted molar refractivity (Wildman–Crippen MR) is 69.3 cm³/mol. The fourth-order valence-electron chi connectivity index (χ4n) is 2.09. The van der Waals surface area contributed by atoms with Gasteiger partial charge in [0.2, 0.25) is 12.2 Å². The molecular weight excluding hydrogens is 244 g/mol. The summed E-state index contributed by atoms with van der Waals surface area (Å²) in [4.78, 5) is 28.2. The summed E-state index contributed by atoms with van der Waals surface area (Å²) in [6.07, 6.45) is 2.92. The number of hydrogen-bond acceptors (Lipinski definition) is 5. The molecule has 0 radical (unpaired) electrons. The van der Waals surface area contributed by atoms with E-state index in [9.17, 15) is 9.59 Å². The molecular formula is C14H6N2O3. The van der Waals surface area contributed by atoms with Crippen LogP contribution in [0.5, 0.6) is 0 Å². The van der Waals surface area contributed by atoms with E-state index < -0.39 is 0 Å². The first-order chi connectivity index (χ1) is 9.35. The van der Waals surface area contributed by atoms with Gasteiger partial charge in [-0.05, 0) is 18.2 Å². The molecule has 0 bridgehead atoms. The minimum atomic E-state index is 0.261. The van der Waals surface area contributed by atoms with Gasteiger partial charge < -0.3 is 4.42 Å². The van der Waals surface area contributed by atoms with Crippen LogP contribution in [0.3, 0.4) is 0 Å². The third-order valence-electron chi connectivity index (χ3n) is 2.82. The van der Waals surface area contributed by atoms with Crippen LogP contribution in [-0.2, 0) is 9.59 Å². The van der Waals surface area contributed by atoms with Gasteiger partial charge in [0.25, 0.3) is 0 Å². The highest BCUT2D eigenvalue weighted by atomic mass is 16.3. The molecule has 0 fully saturated rings. The molecule has 0 saturated heterocycles. The molecule has 0 N–H and O–H groups in total. The molecule has 90 valence electrons. The second kappa shape index (κ2) is 4.35. The molecule has 0 atom stereocenters. The zero-order valence-corrected chi connectivity index (χ0v) is 9.58. The molecule has 19 heavy (non-hydrogen) atoms. The van der Waals surface area contributed by atoms with Gasteiger partial charge in [-0.2, -0.15) is 9.98 Å². The summed E-state index contributed by atoms with van der Waals surface area (Å²) < 4.78 is 5.64. The number of carbonyl (C=O) groups excluding carboxylic acids is 2. The van der Waals surface area contributed by atoms with Crippen LogP contribution in [0.15, 0.2) is 50.8 Å². The summed E-state index contributed by atoms with van der Waals surface area (Å²) in [7, 11) is 0. The van der Waals surface area contributed by atoms with Crippen LogP contribution in [0.25, 0.3) is 21.9 Å². The smallest absolute Gasteiger partial charge is 0.240 e. The highest BCUT2D eigenvalue weighted by Gasteiger charge is 2.14. The molecule has 0 amide bonds. The maximum absolute atomic E-state index is 10.6. The lowest BCUT2D eigenvalue weighted by molar-refractivity contribution is 0.564. The van der Waals surface area contributed by atoms with Gasteiger partial charge in [0.05, 0.1) is 5.39 Å². The van der Waals surface area contributed by atoms with E-state index in [1.807, 2.05) is 24.3 Å². The van der Waals surface area contributed by atoms with Gasteiger partial charge >= 0.3 is 0 Å². The lowest BCUT2D eigenvalue weighted by Crippen LogP contribution is -1.72. The van der Waals surface area contributed by atoms with Gasteiger partial charge in [-0.1, -0.05) is 18.2 Å². The van der Waals surface area contributed by atoms with Crippen molar-refractivity contribution in [2.45, 2.75) is 0 Å². The Hall–Kier alpha value is -3.00. The van der Waals surface area contributed by atoms with Crippen molar-refractivity contribution < 1.29 is 14.0 Å². The van der Waals surface area contributed by atoms with Gasteiger partial charge in [-0.25, -0.2) is 9.59 Å². The summed E-state index contributed by atoms with van der Waals surface area (Å²) in [6, 6.07) is 10.6. The third kappa shape index (κ3) is 1.67. The van der Waals surface area contributed by atoms with Crippen LogP contribution in [0.4, 0.5) is 11.4 Å². The van der Waals surface area contributed by atoms with Crippen LogP contribution in [0, 0.1) is 0 Å². The van der Waals surface area contributed by atoms with Crippen LogP contribution in [0.2, 0.25) is 0 Å². The number of hydrogen-bond donors (Lipinski definition) is 0. The first kappa shape index (κ1) is 11.1. The van der Waals surface area contributed by atoms with E-state index in [0.29, 0.717) is 16.6 Å². The predicted octanol–water partition coefficient (Wildman–Crippen LogP) is 3.52. The lowest BCUT2D eigenvalue weighted by atomic mass is 10.1. The van der Waals surface area contributed by atoms with E-state index in [-0.39, 0.29) is 11.4 Å². The van der Waals surface area contributed by atoms with Gasteiger partial charge in [-0.3, -0.25) is 0 Å². The van der Waals surface area contributed by atoms with Gasteiger partial charge in [0.15, 0.2) is 0 Å². The SMILES string of the molecule is O=C=Nc1ccc2oc3ccccc3c2c1N=C=O. The number of isocyanates is 2. The zero-order chi connectivity index (χ0) is 13.2. The number of benzene rings is 2. The molecule has 3 aromatic rings. The summed E-state index contributed by atoms with van der Waals surface area (Å²) in [6.45, 7) is 0. The summed E-state index contributed by atoms with van der Waals surface area (Å²) in [5.41, 5.74) is 1.77. The van der Waals surface area contributed by atoms with Crippen molar-refractivity contribution in [3.63, 3.8) is 0 Å². The molecule has 5 heteroatoms. The average molecular weight is 250 g/mol. The highest BCUT2D eigenvalue weighted by molar-refractivity contribution is 6.13. The Bertz CT molecular complexity index is 882. The largest absolute Gasteiger partial charge is 0.456 e. The number of nitrogens with zero attached hydrogens (tertiary/aromatic N) is 2. The molecule has 1 aromatic heterocycles. The average Bonchev–Trinajstić information content (AvgIpc) is 2.80. The first-order valence-electron chi connectivity index (χ1n) is 5.45. The molecule has 0 aliphatic rings. The first-order valence-corrected chi connectivity index (χ1v) is 5.45. The normalized spacial score (nSPS) is 10.1. The number of fused-ring (bicyclic) bond motifs is 3. The monoisotopic (exact) mass is 250 g/mol. The molecule has 0 aliphatic carbocycles. The number of para-hydroxylation sites is 1. The Balaban J connectivity index is 2.56. The third-order valence-corrected chi connectivity index (χ3v) is 2.82. The molecule has 0 aliphatic heterocycles. The Morgan fingerprint density at radius 3 is 2.47 bits per heavy atom. The maximum atomic E-state index is 10.6. The molecule has 2 aromatic carbocycles. The van der Waals surface area contributed by atoms with E-state index in [1.54, 1.807) is 12.1 Å². The van der Waals surface area contributed by atoms with Crippen molar-refractivity contribution in [3.8, 4) is 0 Å². The summed E-state index contributed by atoms with van der Waals surface area (Å²) in [5, 5.41) is 1.44. The van der Waals surface area contributed by atoms with Crippen LogP contribution >= 0.6 is 0 Å². The molecule has 0 unspecified atom stereocenters. The molecule has 5 nitrogen and oxygen atoms in total. The van der Waals surface area contributed by atoms with Crippen LogP contribution < -0.4 is 0 Å². The highest BCUT2D eigenvalue weighted by Crippen LogP contribution is 2.41. The summed E-state index contributed by atoms with van der Waals surface area (Å²) in [5.74, 6) is 0. The molecule has 3 rings (SSSR count). The zero-order valence-electron chi connectivity index (χ0n) is 9.58. The Labute approximate surface area is 106 Å². The quantitative estimate of drug-likeness (QED) is 0.516. The number of furan rings is 1. The molecule has 1 heterocycles. The van der Waals surface area contributed by atoms with Crippen molar-refractivity contribution in [2.24, 2.45) is 9.98 Å². The number of rotatable bonds is 2. The summed E-state index contributed by atoms with van der Waals surface area (Å²) >= 11 is 0. The van der Waals surface area contributed by atoms with Gasteiger partial charge in [0.1, 0.15) is 22.5 Å². The molecule has 0 saturated carbocycles. The van der Waals surface area contributed by atoms with E-state index in [0.717, 1.165) is 5.39 Å². The Kier molecular flexibility index (Phi) is 2.54. The van der Waals surface area contributed by atoms with Gasteiger partial charge in [0, 0.05) is 5.39 Å². The topological polar surface area (TPSA) is 72.0 Å². The van der Waals surface area contributed by atoms with Crippen molar-refractivity contribution in [1.29, 1.82) is 0 Å². The van der Waals surface area contributed by atoms with E-state index in [1.165, 1.54) is 12.2 Å². The second-order valence-corrected chi connectivity index (χ2v) is 3.81. The Morgan fingerprint density at radius 2 is 1.68 bits per heavy atom. The number of aliphatic imine (C=N–C) groups is 2. The van der Waals surface area contributed by atoms with Crippen molar-refractivity contribution in [2.75, 3.05) is 0 Å². The lowest BCUT2D eigenvalue weighted by Gasteiger charge is -1.98. The van der Waals surface area contributed by atoms with E-state index in [4.69, 9.17) is 4.42 Å². The fourth-order valence-corrected chi connectivity index (χ4v) is 2.09. The second-order valence-electron chi connectivity index (χ2n) is 3.81. The minimum absolute atomic E-state index is 0.261. The van der Waals surface area contributed by atoms with E-state index in [2.05, 4.69) is 9.98 Å². The Morgan fingerprint density at radius 1 is 0.895 bits per heavy atom. The van der Waals surface area contributed by atoms with Crippen LogP contribution in [-0.4, -0.2) is 12.2 Å². The maximum Gasteiger partial charge on any atom is 0.240 e. The van der Waals surface area contributed by atoms with Crippen LogP contribution in [0.1, 0.15) is 0 Å².